The van der Waals surface area contributed by atoms with Crippen LogP contribution >= 0.6 is 22.9 Å². The molecule has 1 aliphatic heterocycles. The van der Waals surface area contributed by atoms with Gasteiger partial charge in [-0.3, -0.25) is 7.91 Å². The van der Waals surface area contributed by atoms with Gasteiger partial charge < -0.3 is 0 Å². The van der Waals surface area contributed by atoms with E-state index in [4.69, 9.17) is 0 Å². The lowest BCUT2D eigenvalue weighted by Crippen LogP contribution is -2.24. The summed E-state index contributed by atoms with van der Waals surface area (Å²) in [6.45, 7) is 13.2. The number of halogens is 1. The van der Waals surface area contributed by atoms with E-state index in [1.165, 1.54) is 11.3 Å². The number of allylic oxidation sites excluding steroid dienone is 1. The standard InChI is InChI=1S/C13H22INO/c1-7-13(5,6)9-8-10(16)15(14)11(9)12(2,3)4/h7-8H2,1-6H3. The van der Waals surface area contributed by atoms with Crippen LogP contribution in [0.15, 0.2) is 11.3 Å². The van der Waals surface area contributed by atoms with Crippen LogP contribution < -0.4 is 0 Å². The molecule has 3 heteroatoms. The molecule has 0 aliphatic carbocycles. The quantitative estimate of drug-likeness (QED) is 0.544. The third-order valence-corrected chi connectivity index (χ3v) is 4.46. The number of nitrogens with zero attached hydrogens (tertiary/aromatic N) is 1. The second kappa shape index (κ2) is 4.31. The second-order valence-electron chi connectivity index (χ2n) is 6.17. The first-order chi connectivity index (χ1) is 7.11. The summed E-state index contributed by atoms with van der Waals surface area (Å²) >= 11 is 2.14. The Kier molecular flexibility index (Phi) is 3.78. The van der Waals surface area contributed by atoms with Gasteiger partial charge in [0.2, 0.25) is 5.91 Å². The summed E-state index contributed by atoms with van der Waals surface area (Å²) in [6.07, 6.45) is 1.66. The lowest BCUT2D eigenvalue weighted by molar-refractivity contribution is -0.122. The first kappa shape index (κ1) is 14.0. The number of carbonyl (C=O) groups is 1. The van der Waals surface area contributed by atoms with Crippen LogP contribution in [0, 0.1) is 10.8 Å². The zero-order valence-corrected chi connectivity index (χ0v) is 13.3. The number of carbonyl (C=O) groups excluding carboxylic acids is 1. The van der Waals surface area contributed by atoms with Crippen LogP contribution in [0.3, 0.4) is 0 Å². The molecule has 0 aromatic carbocycles. The zero-order valence-electron chi connectivity index (χ0n) is 11.1. The Balaban J connectivity index is 3.30. The molecule has 0 fully saturated rings. The van der Waals surface area contributed by atoms with Crippen LogP contribution in [-0.4, -0.2) is 9.02 Å². The smallest absolute Gasteiger partial charge is 0.239 e. The minimum Gasteiger partial charge on any atom is -0.273 e. The Labute approximate surface area is 113 Å². The van der Waals surface area contributed by atoms with Gasteiger partial charge >= 0.3 is 0 Å². The van der Waals surface area contributed by atoms with Crippen LogP contribution in [0.1, 0.15) is 54.4 Å². The van der Waals surface area contributed by atoms with Crippen molar-refractivity contribution in [1.29, 1.82) is 0 Å². The van der Waals surface area contributed by atoms with Gasteiger partial charge in [-0.1, -0.05) is 41.5 Å². The number of rotatable bonds is 2. The van der Waals surface area contributed by atoms with E-state index < -0.39 is 0 Å². The number of hydrogen-bond donors (Lipinski definition) is 0. The van der Waals surface area contributed by atoms with Crippen LogP contribution in [-0.2, 0) is 4.79 Å². The Hall–Kier alpha value is -0.0600. The predicted octanol–water partition coefficient (Wildman–Crippen LogP) is 4.31. The Morgan fingerprint density at radius 2 is 1.75 bits per heavy atom. The monoisotopic (exact) mass is 335 g/mol. The van der Waals surface area contributed by atoms with Crippen molar-refractivity contribution >= 4 is 28.8 Å². The lowest BCUT2D eigenvalue weighted by Gasteiger charge is -2.32. The van der Waals surface area contributed by atoms with Crippen molar-refractivity contribution < 1.29 is 4.79 Å². The fraction of sp³-hybridized carbons (Fsp3) is 0.769. The average Bonchev–Trinajstić information content (AvgIpc) is 2.43. The lowest BCUT2D eigenvalue weighted by atomic mass is 9.76. The SMILES string of the molecule is CCC(C)(C)C1=C(C(C)(C)C)N(I)C(=O)C1. The molecule has 0 saturated heterocycles. The molecule has 1 aliphatic rings. The molecule has 0 atom stereocenters. The van der Waals surface area contributed by atoms with Crippen LogP contribution in [0.2, 0.25) is 0 Å². The fourth-order valence-electron chi connectivity index (χ4n) is 2.07. The van der Waals surface area contributed by atoms with Crippen molar-refractivity contribution in [3.8, 4) is 0 Å². The van der Waals surface area contributed by atoms with E-state index in [1.54, 1.807) is 0 Å². The van der Waals surface area contributed by atoms with Crippen molar-refractivity contribution in [2.45, 2.75) is 54.4 Å². The molecule has 92 valence electrons. The van der Waals surface area contributed by atoms with E-state index in [2.05, 4.69) is 64.4 Å². The molecular formula is C13H22INO. The van der Waals surface area contributed by atoms with E-state index in [1.807, 2.05) is 3.11 Å². The summed E-state index contributed by atoms with van der Waals surface area (Å²) in [7, 11) is 0. The van der Waals surface area contributed by atoms with E-state index in [9.17, 15) is 4.79 Å². The van der Waals surface area contributed by atoms with Crippen molar-refractivity contribution in [2.24, 2.45) is 10.8 Å². The fourth-order valence-corrected chi connectivity index (χ4v) is 3.25. The van der Waals surface area contributed by atoms with Crippen LogP contribution in [0.25, 0.3) is 0 Å². The summed E-state index contributed by atoms with van der Waals surface area (Å²) in [4.78, 5) is 11.9. The first-order valence-electron chi connectivity index (χ1n) is 5.84. The maximum absolute atomic E-state index is 11.9. The molecular weight excluding hydrogens is 313 g/mol. The largest absolute Gasteiger partial charge is 0.273 e. The van der Waals surface area contributed by atoms with Gasteiger partial charge in [-0.05, 0) is 17.4 Å². The number of hydrogen-bond acceptors (Lipinski definition) is 1. The van der Waals surface area contributed by atoms with Gasteiger partial charge in [-0.15, -0.1) is 0 Å². The predicted molar refractivity (Wildman–Crippen MR) is 76.0 cm³/mol. The van der Waals surface area contributed by atoms with Gasteiger partial charge in [0.05, 0.1) is 29.3 Å². The van der Waals surface area contributed by atoms with Crippen molar-refractivity contribution in [2.75, 3.05) is 0 Å². The summed E-state index contributed by atoms with van der Waals surface area (Å²) < 4.78 is 1.82. The van der Waals surface area contributed by atoms with Gasteiger partial charge in [-0.2, -0.15) is 0 Å². The normalized spacial score (nSPS) is 18.7. The Morgan fingerprint density at radius 3 is 2.12 bits per heavy atom. The highest BCUT2D eigenvalue weighted by Gasteiger charge is 2.40. The van der Waals surface area contributed by atoms with E-state index in [0.29, 0.717) is 6.42 Å². The molecule has 0 unspecified atom stereocenters. The Morgan fingerprint density at radius 1 is 1.25 bits per heavy atom. The van der Waals surface area contributed by atoms with Gasteiger partial charge in [0.15, 0.2) is 0 Å². The summed E-state index contributed by atoms with van der Waals surface area (Å²) in [6, 6.07) is 0. The second-order valence-corrected chi connectivity index (χ2v) is 7.13. The Bertz CT molecular complexity index is 336. The molecule has 0 N–H and O–H groups in total. The minimum atomic E-state index is 0.0368. The molecule has 0 saturated carbocycles. The molecule has 0 spiro atoms. The molecule has 16 heavy (non-hydrogen) atoms. The molecule has 0 aromatic rings. The van der Waals surface area contributed by atoms with Gasteiger partial charge in [0, 0.05) is 11.1 Å². The van der Waals surface area contributed by atoms with Crippen molar-refractivity contribution in [3.63, 3.8) is 0 Å². The number of amides is 1. The minimum absolute atomic E-state index is 0.0368. The first-order valence-corrected chi connectivity index (χ1v) is 6.80. The molecule has 0 bridgehead atoms. The summed E-state index contributed by atoms with van der Waals surface area (Å²) in [5.74, 6) is 0.224. The third-order valence-electron chi connectivity index (χ3n) is 3.44. The molecule has 0 aromatic heterocycles. The average molecular weight is 335 g/mol. The van der Waals surface area contributed by atoms with E-state index in [0.717, 1.165) is 6.42 Å². The molecule has 0 radical (unpaired) electrons. The van der Waals surface area contributed by atoms with Gasteiger partial charge in [0.1, 0.15) is 0 Å². The van der Waals surface area contributed by atoms with Crippen molar-refractivity contribution in [3.05, 3.63) is 11.3 Å². The highest BCUT2D eigenvalue weighted by molar-refractivity contribution is 14.1. The van der Waals surface area contributed by atoms with Gasteiger partial charge in [0.25, 0.3) is 0 Å². The van der Waals surface area contributed by atoms with Crippen LogP contribution in [0.4, 0.5) is 0 Å². The topological polar surface area (TPSA) is 20.3 Å². The summed E-state index contributed by atoms with van der Waals surface area (Å²) in [5, 5.41) is 0. The van der Waals surface area contributed by atoms with E-state index >= 15 is 0 Å². The van der Waals surface area contributed by atoms with Crippen LogP contribution in [0.5, 0.6) is 0 Å². The van der Waals surface area contributed by atoms with E-state index in [-0.39, 0.29) is 16.7 Å². The maximum Gasteiger partial charge on any atom is 0.239 e. The highest BCUT2D eigenvalue weighted by Crippen LogP contribution is 2.47. The third kappa shape index (κ3) is 2.44. The summed E-state index contributed by atoms with van der Waals surface area (Å²) in [5.41, 5.74) is 2.69. The molecule has 2 nitrogen and oxygen atoms in total. The molecule has 1 amide bonds. The molecule has 1 rings (SSSR count). The maximum atomic E-state index is 11.9. The zero-order chi connectivity index (χ0) is 12.7. The highest BCUT2D eigenvalue weighted by atomic mass is 127. The van der Waals surface area contributed by atoms with Crippen molar-refractivity contribution in [1.82, 2.24) is 3.11 Å². The molecule has 1 heterocycles. The van der Waals surface area contributed by atoms with Gasteiger partial charge in [-0.25, -0.2) is 0 Å².